The summed E-state index contributed by atoms with van der Waals surface area (Å²) in [5.74, 6) is 0.483. The third-order valence-electron chi connectivity index (χ3n) is 2.95. The second-order valence-electron chi connectivity index (χ2n) is 4.71. The molecule has 0 radical (unpaired) electrons. The van der Waals surface area contributed by atoms with Gasteiger partial charge in [0, 0.05) is 0 Å². The summed E-state index contributed by atoms with van der Waals surface area (Å²) in [7, 11) is 0. The van der Waals surface area contributed by atoms with Crippen molar-refractivity contribution in [3.63, 3.8) is 0 Å². The second-order valence-corrected chi connectivity index (χ2v) is 4.71. The van der Waals surface area contributed by atoms with Crippen LogP contribution in [0.5, 0.6) is 11.5 Å². The lowest BCUT2D eigenvalue weighted by molar-refractivity contribution is -0.138. The first-order chi connectivity index (χ1) is 9.54. The molecular formula is C16H17NO3. The van der Waals surface area contributed by atoms with Crippen LogP contribution in [0, 0.1) is 6.92 Å². The van der Waals surface area contributed by atoms with Gasteiger partial charge in [0.05, 0.1) is 0 Å². The molecule has 2 aromatic rings. The number of nitrogens with two attached hydrogens (primary N) is 1. The summed E-state index contributed by atoms with van der Waals surface area (Å²) >= 11 is 0. The first-order valence-corrected chi connectivity index (χ1v) is 6.36. The van der Waals surface area contributed by atoms with Crippen LogP contribution in [0.15, 0.2) is 48.5 Å². The molecule has 0 bridgehead atoms. The van der Waals surface area contributed by atoms with Gasteiger partial charge in [-0.2, -0.15) is 0 Å². The van der Waals surface area contributed by atoms with Crippen LogP contribution in [0.1, 0.15) is 11.1 Å². The maximum absolute atomic E-state index is 10.7. The van der Waals surface area contributed by atoms with E-state index >= 15 is 0 Å². The van der Waals surface area contributed by atoms with Crippen LogP contribution < -0.4 is 10.5 Å². The molecule has 0 unspecified atom stereocenters. The molecule has 0 aliphatic heterocycles. The molecule has 0 aromatic heterocycles. The number of ether oxygens (including phenoxy) is 1. The maximum Gasteiger partial charge on any atom is 0.320 e. The normalized spacial score (nSPS) is 11.9. The highest BCUT2D eigenvalue weighted by atomic mass is 16.5. The van der Waals surface area contributed by atoms with Crippen molar-refractivity contribution in [1.82, 2.24) is 0 Å². The Kier molecular flexibility index (Phi) is 4.38. The van der Waals surface area contributed by atoms with Crippen LogP contribution in [0.25, 0.3) is 0 Å². The minimum atomic E-state index is -0.995. The zero-order valence-corrected chi connectivity index (χ0v) is 11.2. The van der Waals surface area contributed by atoms with Crippen LogP contribution in [-0.4, -0.2) is 17.1 Å². The van der Waals surface area contributed by atoms with Gasteiger partial charge in [-0.15, -0.1) is 0 Å². The molecule has 0 spiro atoms. The number of hydrogen-bond acceptors (Lipinski definition) is 3. The van der Waals surface area contributed by atoms with Crippen molar-refractivity contribution in [2.75, 3.05) is 0 Å². The monoisotopic (exact) mass is 271 g/mol. The molecule has 2 aromatic carbocycles. The van der Waals surface area contributed by atoms with Gasteiger partial charge in [-0.1, -0.05) is 29.8 Å². The van der Waals surface area contributed by atoms with E-state index in [0.717, 1.165) is 11.3 Å². The Labute approximate surface area is 117 Å². The Hall–Kier alpha value is -2.33. The molecule has 0 saturated heterocycles. The number of hydrogen-bond donors (Lipinski definition) is 2. The third kappa shape index (κ3) is 3.83. The lowest BCUT2D eigenvalue weighted by atomic mass is 10.1. The standard InChI is InChI=1S/C16H17NO3/c1-11-2-6-13(7-3-11)20-14-8-4-12(5-9-14)10-15(17)16(18)19/h2-9,15H,10,17H2,1H3,(H,18,19)/t15-/m0/s1. The van der Waals surface area contributed by atoms with E-state index in [-0.39, 0.29) is 0 Å². The zero-order chi connectivity index (χ0) is 14.5. The topological polar surface area (TPSA) is 72.5 Å². The summed E-state index contributed by atoms with van der Waals surface area (Å²) < 4.78 is 5.69. The number of carboxylic acid groups (broad SMARTS) is 1. The molecule has 4 heteroatoms. The van der Waals surface area contributed by atoms with Gasteiger partial charge >= 0.3 is 5.97 Å². The van der Waals surface area contributed by atoms with E-state index in [1.54, 1.807) is 0 Å². The molecular weight excluding hydrogens is 254 g/mol. The average molecular weight is 271 g/mol. The van der Waals surface area contributed by atoms with Gasteiger partial charge in [-0.05, 0) is 43.2 Å². The second kappa shape index (κ2) is 6.21. The van der Waals surface area contributed by atoms with Crippen LogP contribution >= 0.6 is 0 Å². The van der Waals surface area contributed by atoms with Crippen LogP contribution in [0.3, 0.4) is 0 Å². The Morgan fingerprint density at radius 3 is 2.10 bits per heavy atom. The van der Waals surface area contributed by atoms with E-state index in [1.807, 2.05) is 55.5 Å². The van der Waals surface area contributed by atoms with Crippen molar-refractivity contribution in [3.8, 4) is 11.5 Å². The van der Waals surface area contributed by atoms with Crippen molar-refractivity contribution in [2.45, 2.75) is 19.4 Å². The third-order valence-corrected chi connectivity index (χ3v) is 2.95. The van der Waals surface area contributed by atoms with Gasteiger partial charge in [-0.25, -0.2) is 0 Å². The molecule has 0 aliphatic carbocycles. The predicted octanol–water partition coefficient (Wildman–Crippen LogP) is 2.74. The molecule has 20 heavy (non-hydrogen) atoms. The van der Waals surface area contributed by atoms with Crippen LogP contribution in [0.4, 0.5) is 0 Å². The lowest BCUT2D eigenvalue weighted by Crippen LogP contribution is -2.32. The highest BCUT2D eigenvalue weighted by Gasteiger charge is 2.11. The van der Waals surface area contributed by atoms with E-state index in [2.05, 4.69) is 0 Å². The fraction of sp³-hybridized carbons (Fsp3) is 0.188. The smallest absolute Gasteiger partial charge is 0.320 e. The first-order valence-electron chi connectivity index (χ1n) is 6.36. The minimum Gasteiger partial charge on any atom is -0.480 e. The number of carbonyl (C=O) groups is 1. The van der Waals surface area contributed by atoms with Gasteiger partial charge in [0.1, 0.15) is 17.5 Å². The van der Waals surface area contributed by atoms with Gasteiger partial charge < -0.3 is 15.6 Å². The average Bonchev–Trinajstić information content (AvgIpc) is 2.43. The summed E-state index contributed by atoms with van der Waals surface area (Å²) in [6, 6.07) is 14.2. The zero-order valence-electron chi connectivity index (χ0n) is 11.2. The Bertz CT molecular complexity index is 576. The van der Waals surface area contributed by atoms with Crippen LogP contribution in [-0.2, 0) is 11.2 Å². The van der Waals surface area contributed by atoms with Gasteiger partial charge in [-0.3, -0.25) is 4.79 Å². The highest BCUT2D eigenvalue weighted by Crippen LogP contribution is 2.22. The molecule has 0 amide bonds. The van der Waals surface area contributed by atoms with Gasteiger partial charge in [0.15, 0.2) is 0 Å². The molecule has 0 heterocycles. The first kappa shape index (κ1) is 14.1. The number of aliphatic carboxylic acids is 1. The molecule has 3 N–H and O–H groups in total. The summed E-state index contributed by atoms with van der Waals surface area (Å²) in [6.45, 7) is 2.02. The van der Waals surface area contributed by atoms with Crippen molar-refractivity contribution in [2.24, 2.45) is 5.73 Å². The van der Waals surface area contributed by atoms with E-state index in [9.17, 15) is 4.79 Å². The lowest BCUT2D eigenvalue weighted by Gasteiger charge is -2.09. The molecule has 104 valence electrons. The molecule has 0 aliphatic rings. The summed E-state index contributed by atoms with van der Waals surface area (Å²) in [6.07, 6.45) is 0.306. The quantitative estimate of drug-likeness (QED) is 0.877. The van der Waals surface area contributed by atoms with Crippen molar-refractivity contribution in [1.29, 1.82) is 0 Å². The molecule has 0 fully saturated rings. The molecule has 2 rings (SSSR count). The molecule has 4 nitrogen and oxygen atoms in total. The Morgan fingerprint density at radius 1 is 1.10 bits per heavy atom. The maximum atomic E-state index is 10.7. The van der Waals surface area contributed by atoms with E-state index in [4.69, 9.17) is 15.6 Å². The number of benzene rings is 2. The van der Waals surface area contributed by atoms with Crippen LogP contribution in [0.2, 0.25) is 0 Å². The largest absolute Gasteiger partial charge is 0.480 e. The van der Waals surface area contributed by atoms with Gasteiger partial charge in [0.25, 0.3) is 0 Å². The van der Waals surface area contributed by atoms with E-state index < -0.39 is 12.0 Å². The van der Waals surface area contributed by atoms with Crippen molar-refractivity contribution in [3.05, 3.63) is 59.7 Å². The molecule has 1 atom stereocenters. The number of carboxylic acids is 1. The minimum absolute atomic E-state index is 0.306. The Balaban J connectivity index is 2.01. The van der Waals surface area contributed by atoms with Crippen molar-refractivity contribution < 1.29 is 14.6 Å². The fourth-order valence-electron chi connectivity index (χ4n) is 1.78. The number of rotatable bonds is 5. The van der Waals surface area contributed by atoms with E-state index in [1.165, 1.54) is 5.56 Å². The van der Waals surface area contributed by atoms with Gasteiger partial charge in [0.2, 0.25) is 0 Å². The van der Waals surface area contributed by atoms with E-state index in [0.29, 0.717) is 12.2 Å². The SMILES string of the molecule is Cc1ccc(Oc2ccc(C[C@H](N)C(=O)O)cc2)cc1. The Morgan fingerprint density at radius 2 is 1.60 bits per heavy atom. The predicted molar refractivity (Wildman–Crippen MR) is 77.0 cm³/mol. The highest BCUT2D eigenvalue weighted by molar-refractivity contribution is 5.73. The summed E-state index contributed by atoms with van der Waals surface area (Å²) in [5, 5.41) is 8.77. The van der Waals surface area contributed by atoms with Crippen molar-refractivity contribution >= 4 is 5.97 Å². The number of aryl methyl sites for hydroxylation is 1. The summed E-state index contributed by atoms with van der Waals surface area (Å²) in [4.78, 5) is 10.7. The fourth-order valence-corrected chi connectivity index (χ4v) is 1.78. The molecule has 0 saturated carbocycles. The summed E-state index contributed by atoms with van der Waals surface area (Å²) in [5.41, 5.74) is 7.54.